The molecule has 0 aliphatic carbocycles. The maximum atomic E-state index is 13.5. The maximum absolute atomic E-state index is 13.5. The highest BCUT2D eigenvalue weighted by atomic mass is 32.2. The predicted octanol–water partition coefficient (Wildman–Crippen LogP) is 2.66. The van der Waals surface area contributed by atoms with E-state index in [1.165, 1.54) is 18.2 Å². The number of fused-ring (bicyclic) bond motifs is 1. The van der Waals surface area contributed by atoms with Gasteiger partial charge in [0, 0.05) is 5.56 Å². The molecule has 0 spiro atoms. The number of rotatable bonds is 4. The van der Waals surface area contributed by atoms with Crippen LogP contribution in [0, 0.1) is 10.9 Å². The molecule has 13 heteroatoms. The average molecular weight is 478 g/mol. The lowest BCUT2D eigenvalue weighted by atomic mass is 9.98. The molecular weight excluding hydrogens is 466 g/mol. The number of pyridine rings is 1. The lowest BCUT2D eigenvalue weighted by Crippen LogP contribution is -2.43. The fourth-order valence-electron chi connectivity index (χ4n) is 2.97. The third-order valence-electron chi connectivity index (χ3n) is 4.37. The van der Waals surface area contributed by atoms with Crippen molar-refractivity contribution in [2.24, 2.45) is 0 Å². The Kier molecular flexibility index (Phi) is 5.44. The van der Waals surface area contributed by atoms with Gasteiger partial charge >= 0.3 is 6.03 Å². The molecule has 164 valence electrons. The third kappa shape index (κ3) is 4.20. The summed E-state index contributed by atoms with van der Waals surface area (Å²) in [6.07, 6.45) is 0.987. The van der Waals surface area contributed by atoms with E-state index in [1.54, 1.807) is 4.72 Å². The standard InChI is InChI=1S/C19H12F2N4O5S2/c20-11-2-1-10-7-16(26)25(18(27)13(10)8-11)15-5-3-12(9-22-15)23-19(28)24-32(29,30)17-6-4-14(21)31-17/h1-6,8-9H,7H2,(H2,23,24,28). The average Bonchev–Trinajstić information content (AvgIpc) is 3.17. The molecule has 0 radical (unpaired) electrons. The molecule has 1 aromatic carbocycles. The van der Waals surface area contributed by atoms with E-state index in [1.807, 2.05) is 0 Å². The lowest BCUT2D eigenvalue weighted by molar-refractivity contribution is -0.117. The van der Waals surface area contributed by atoms with E-state index in [0.717, 1.165) is 35.4 Å². The minimum absolute atomic E-state index is 0.0446. The van der Waals surface area contributed by atoms with Crippen LogP contribution in [0.2, 0.25) is 0 Å². The lowest BCUT2D eigenvalue weighted by Gasteiger charge is -2.26. The molecule has 32 heavy (non-hydrogen) atoms. The summed E-state index contributed by atoms with van der Waals surface area (Å²) in [7, 11) is -4.26. The molecule has 2 aromatic heterocycles. The molecule has 1 aliphatic heterocycles. The quantitative estimate of drug-likeness (QED) is 0.556. The Balaban J connectivity index is 1.48. The Bertz CT molecular complexity index is 1360. The Morgan fingerprint density at radius 3 is 2.53 bits per heavy atom. The summed E-state index contributed by atoms with van der Waals surface area (Å²) in [6.45, 7) is 0. The number of imide groups is 1. The van der Waals surface area contributed by atoms with Crippen molar-refractivity contribution in [2.45, 2.75) is 10.6 Å². The normalized spacial score (nSPS) is 13.6. The van der Waals surface area contributed by atoms with Gasteiger partial charge in [-0.15, -0.1) is 0 Å². The van der Waals surface area contributed by atoms with E-state index >= 15 is 0 Å². The van der Waals surface area contributed by atoms with Gasteiger partial charge in [-0.2, -0.15) is 4.39 Å². The van der Waals surface area contributed by atoms with Gasteiger partial charge < -0.3 is 5.32 Å². The molecule has 1 aliphatic rings. The van der Waals surface area contributed by atoms with Gasteiger partial charge in [0.05, 0.1) is 18.3 Å². The summed E-state index contributed by atoms with van der Waals surface area (Å²) >= 11 is 0.355. The number of halogens is 2. The number of urea groups is 1. The number of amides is 4. The van der Waals surface area contributed by atoms with Crippen molar-refractivity contribution in [2.75, 3.05) is 10.2 Å². The number of thiophene rings is 1. The summed E-state index contributed by atoms with van der Waals surface area (Å²) in [5.74, 6) is -1.97. The largest absolute Gasteiger partial charge is 0.333 e. The first-order valence-electron chi connectivity index (χ1n) is 8.85. The molecular formula is C19H12F2N4O5S2. The molecule has 0 atom stereocenters. The van der Waals surface area contributed by atoms with Gasteiger partial charge in [0.2, 0.25) is 5.91 Å². The zero-order chi connectivity index (χ0) is 23.0. The van der Waals surface area contributed by atoms with Crippen LogP contribution in [0.4, 0.5) is 25.1 Å². The zero-order valence-electron chi connectivity index (χ0n) is 15.8. The fraction of sp³-hybridized carbons (Fsp3) is 0.0526. The van der Waals surface area contributed by atoms with Gasteiger partial charge in [-0.05, 0) is 42.0 Å². The highest BCUT2D eigenvalue weighted by molar-refractivity contribution is 7.92. The van der Waals surface area contributed by atoms with E-state index in [9.17, 15) is 31.6 Å². The van der Waals surface area contributed by atoms with Crippen LogP contribution < -0.4 is 14.9 Å². The van der Waals surface area contributed by atoms with Gasteiger partial charge in [-0.3, -0.25) is 9.59 Å². The van der Waals surface area contributed by atoms with Crippen LogP contribution in [0.25, 0.3) is 0 Å². The first-order chi connectivity index (χ1) is 15.1. The van der Waals surface area contributed by atoms with Crippen molar-refractivity contribution < 1.29 is 31.6 Å². The molecule has 0 saturated heterocycles. The highest BCUT2D eigenvalue weighted by Crippen LogP contribution is 2.25. The summed E-state index contributed by atoms with van der Waals surface area (Å²) in [5.41, 5.74) is 0.504. The highest BCUT2D eigenvalue weighted by Gasteiger charge is 2.33. The first-order valence-corrected chi connectivity index (χ1v) is 11.1. The molecule has 2 N–H and O–H groups in total. The third-order valence-corrected chi connectivity index (χ3v) is 7.07. The van der Waals surface area contributed by atoms with Crippen LogP contribution >= 0.6 is 11.3 Å². The van der Waals surface area contributed by atoms with Crippen LogP contribution in [0.1, 0.15) is 15.9 Å². The monoisotopic (exact) mass is 478 g/mol. The van der Waals surface area contributed by atoms with Gasteiger partial charge in [-0.1, -0.05) is 17.4 Å². The Morgan fingerprint density at radius 1 is 1.09 bits per heavy atom. The van der Waals surface area contributed by atoms with Crippen LogP contribution in [0.5, 0.6) is 0 Å². The van der Waals surface area contributed by atoms with Crippen molar-refractivity contribution in [3.8, 4) is 0 Å². The van der Waals surface area contributed by atoms with E-state index in [4.69, 9.17) is 0 Å². The Hall–Kier alpha value is -3.71. The van der Waals surface area contributed by atoms with Gasteiger partial charge in [0.25, 0.3) is 15.9 Å². The van der Waals surface area contributed by atoms with Crippen LogP contribution in [-0.4, -0.2) is 31.2 Å². The van der Waals surface area contributed by atoms with Gasteiger partial charge in [0.15, 0.2) is 5.13 Å². The molecule has 0 saturated carbocycles. The van der Waals surface area contributed by atoms with Crippen molar-refractivity contribution in [3.63, 3.8) is 0 Å². The summed E-state index contributed by atoms with van der Waals surface area (Å²) in [5, 5.41) is 1.51. The zero-order valence-corrected chi connectivity index (χ0v) is 17.5. The van der Waals surface area contributed by atoms with E-state index in [0.29, 0.717) is 16.9 Å². The molecule has 4 rings (SSSR count). The van der Waals surface area contributed by atoms with Gasteiger partial charge in [-0.25, -0.2) is 32.2 Å². The second-order valence-corrected chi connectivity index (χ2v) is 9.48. The SMILES string of the molecule is O=C(Nc1ccc(N2C(=O)Cc3ccc(F)cc3C2=O)nc1)NS(=O)(=O)c1ccc(F)s1. The molecule has 3 aromatic rings. The smallest absolute Gasteiger partial charge is 0.306 e. The number of nitrogens with zero attached hydrogens (tertiary/aromatic N) is 2. The molecule has 0 bridgehead atoms. The minimum atomic E-state index is -4.26. The predicted molar refractivity (Wildman–Crippen MR) is 110 cm³/mol. The van der Waals surface area contributed by atoms with E-state index < -0.39 is 38.8 Å². The molecule has 3 heterocycles. The minimum Gasteiger partial charge on any atom is -0.306 e. The number of nitrogens with one attached hydrogen (secondary N) is 2. The summed E-state index contributed by atoms with van der Waals surface area (Å²) in [4.78, 5) is 41.8. The first kappa shape index (κ1) is 21.5. The second kappa shape index (κ2) is 8.09. The van der Waals surface area contributed by atoms with E-state index in [2.05, 4.69) is 10.3 Å². The second-order valence-electron chi connectivity index (χ2n) is 6.54. The van der Waals surface area contributed by atoms with Gasteiger partial charge in [0.1, 0.15) is 15.8 Å². The maximum Gasteiger partial charge on any atom is 0.333 e. The number of benzene rings is 1. The number of carbonyl (C=O) groups is 3. The van der Waals surface area contributed by atoms with Crippen molar-refractivity contribution in [3.05, 3.63) is 70.7 Å². The van der Waals surface area contributed by atoms with E-state index in [-0.39, 0.29) is 27.7 Å². The Morgan fingerprint density at radius 2 is 1.88 bits per heavy atom. The molecule has 0 unspecified atom stereocenters. The fourth-order valence-corrected chi connectivity index (χ4v) is 4.88. The molecule has 4 amide bonds. The Labute approximate surface area is 183 Å². The van der Waals surface area contributed by atoms with Crippen molar-refractivity contribution in [1.29, 1.82) is 0 Å². The number of aromatic nitrogens is 1. The summed E-state index contributed by atoms with van der Waals surface area (Å²) in [6, 6.07) is 6.97. The topological polar surface area (TPSA) is 126 Å². The molecule has 0 fully saturated rings. The van der Waals surface area contributed by atoms with Crippen LogP contribution in [0.15, 0.2) is 52.9 Å². The number of hydrogen-bond acceptors (Lipinski definition) is 7. The van der Waals surface area contributed by atoms with Crippen molar-refractivity contribution in [1.82, 2.24) is 9.71 Å². The number of anilines is 2. The number of hydrogen-bond donors (Lipinski definition) is 2. The number of sulfonamides is 1. The molecule has 9 nitrogen and oxygen atoms in total. The summed E-state index contributed by atoms with van der Waals surface area (Å²) < 4.78 is 52.0. The van der Waals surface area contributed by atoms with Crippen LogP contribution in [-0.2, 0) is 21.2 Å². The van der Waals surface area contributed by atoms with Crippen LogP contribution in [0.3, 0.4) is 0 Å². The number of carbonyl (C=O) groups excluding carboxylic acids is 3. The van der Waals surface area contributed by atoms with Crippen molar-refractivity contribution >= 4 is 50.7 Å².